The molecule has 10 nitrogen and oxygen atoms in total. The number of nitrogens with zero attached hydrogens (tertiary/aromatic N) is 2. The van der Waals surface area contributed by atoms with Crippen LogP contribution in [-0.4, -0.2) is 30.1 Å². The molecule has 0 radical (unpaired) electrons. The van der Waals surface area contributed by atoms with Crippen molar-refractivity contribution < 1.29 is 19.2 Å². The Labute approximate surface area is 235 Å². The maximum Gasteiger partial charge on any atom is 0.326 e. The molecule has 4 aromatic carbocycles. The lowest BCUT2D eigenvalue weighted by Gasteiger charge is -2.24. The number of benzene rings is 4. The summed E-state index contributed by atoms with van der Waals surface area (Å²) in [5.74, 6) is 1.29. The van der Waals surface area contributed by atoms with Crippen molar-refractivity contribution in [3.05, 3.63) is 118 Å². The summed E-state index contributed by atoms with van der Waals surface area (Å²) in [4.78, 5) is 37.5. The van der Waals surface area contributed by atoms with Crippen LogP contribution in [0.25, 0.3) is 0 Å². The second-order valence-corrected chi connectivity index (χ2v) is 8.98. The second-order valence-electron chi connectivity index (χ2n) is 8.54. The molecule has 0 fully saturated rings. The number of ether oxygens (including phenoxy) is 1. The number of carbonyl (C=O) groups excluding carboxylic acids is 2. The van der Waals surface area contributed by atoms with Crippen LogP contribution >= 0.6 is 11.6 Å². The Bertz CT molecular complexity index is 1450. The number of halogens is 1. The first kappa shape index (κ1) is 27.9. The van der Waals surface area contributed by atoms with Gasteiger partial charge in [0.05, 0.1) is 4.92 Å². The maximum atomic E-state index is 13.2. The van der Waals surface area contributed by atoms with Crippen molar-refractivity contribution in [2.24, 2.45) is 0 Å². The molecule has 0 aliphatic rings. The first-order valence-corrected chi connectivity index (χ1v) is 12.7. The van der Waals surface area contributed by atoms with Crippen LogP contribution in [0.4, 0.5) is 32.3 Å². The molecule has 4 amide bonds. The van der Waals surface area contributed by atoms with Gasteiger partial charge in [-0.25, -0.2) is 9.59 Å². The summed E-state index contributed by atoms with van der Waals surface area (Å²) in [5, 5.41) is 19.7. The number of hydrogen-bond acceptors (Lipinski definition) is 5. The third kappa shape index (κ3) is 8.20. The van der Waals surface area contributed by atoms with E-state index in [2.05, 4.69) is 16.0 Å². The van der Waals surface area contributed by atoms with Gasteiger partial charge in [0, 0.05) is 47.3 Å². The number of nitro benzene ring substituents is 1. The highest BCUT2D eigenvalue weighted by Gasteiger charge is 2.17. The Morgan fingerprint density at radius 3 is 2.20 bits per heavy atom. The van der Waals surface area contributed by atoms with Crippen molar-refractivity contribution in [3.63, 3.8) is 0 Å². The number of hydrogen-bond donors (Lipinski definition) is 3. The summed E-state index contributed by atoms with van der Waals surface area (Å²) < 4.78 is 5.84. The highest BCUT2D eigenvalue weighted by molar-refractivity contribution is 6.30. The Kier molecular flexibility index (Phi) is 9.52. The number of anilines is 3. The van der Waals surface area contributed by atoms with Gasteiger partial charge in [-0.15, -0.1) is 0 Å². The highest BCUT2D eigenvalue weighted by atomic mass is 35.5. The minimum absolute atomic E-state index is 0.0778. The molecule has 0 aromatic heterocycles. The van der Waals surface area contributed by atoms with Crippen LogP contribution in [0.15, 0.2) is 103 Å². The van der Waals surface area contributed by atoms with Crippen molar-refractivity contribution in [3.8, 4) is 11.5 Å². The monoisotopic (exact) mass is 559 g/mol. The number of amides is 4. The summed E-state index contributed by atoms with van der Waals surface area (Å²) in [5.41, 5.74) is 1.49. The highest BCUT2D eigenvalue weighted by Crippen LogP contribution is 2.25. The lowest BCUT2D eigenvalue weighted by Crippen LogP contribution is -2.38. The van der Waals surface area contributed by atoms with E-state index in [4.69, 9.17) is 16.3 Å². The molecular weight excluding hydrogens is 534 g/mol. The largest absolute Gasteiger partial charge is 0.457 e. The molecule has 4 aromatic rings. The topological polar surface area (TPSA) is 126 Å². The zero-order valence-corrected chi connectivity index (χ0v) is 22.0. The number of non-ortho nitro benzene ring substituents is 1. The molecule has 204 valence electrons. The summed E-state index contributed by atoms with van der Waals surface area (Å²) in [6.07, 6.45) is 0.443. The zero-order valence-electron chi connectivity index (χ0n) is 21.2. The molecule has 4 rings (SSSR count). The van der Waals surface area contributed by atoms with Gasteiger partial charge in [-0.3, -0.25) is 15.0 Å². The van der Waals surface area contributed by atoms with Gasteiger partial charge in [-0.2, -0.15) is 0 Å². The molecule has 3 N–H and O–H groups in total. The molecule has 0 aliphatic heterocycles. The van der Waals surface area contributed by atoms with Crippen LogP contribution in [0.1, 0.15) is 6.42 Å². The average Bonchev–Trinajstić information content (AvgIpc) is 2.94. The Balaban J connectivity index is 1.40. The fraction of sp³-hybridized carbons (Fsp3) is 0.103. The van der Waals surface area contributed by atoms with E-state index in [1.165, 1.54) is 29.2 Å². The van der Waals surface area contributed by atoms with Crippen LogP contribution in [-0.2, 0) is 0 Å². The standard InChI is InChI=1S/C29H26ClN5O5/c30-21-6-4-7-23(20-21)32-28(36)31-18-5-19-34(29(37)33-22-10-12-25(13-11-22)35(38)39)24-14-16-27(17-15-24)40-26-8-2-1-3-9-26/h1-4,6-17,20H,5,18-19H2,(H,33,37)(H2,31,32,36). The lowest BCUT2D eigenvalue weighted by atomic mass is 10.2. The Morgan fingerprint density at radius 1 is 0.825 bits per heavy atom. The predicted molar refractivity (Wildman–Crippen MR) is 156 cm³/mol. The molecule has 0 heterocycles. The summed E-state index contributed by atoms with van der Waals surface area (Å²) in [7, 11) is 0. The van der Waals surface area contributed by atoms with E-state index >= 15 is 0 Å². The van der Waals surface area contributed by atoms with E-state index in [1.807, 2.05) is 30.3 Å². The fourth-order valence-electron chi connectivity index (χ4n) is 3.70. The average molecular weight is 560 g/mol. The first-order valence-electron chi connectivity index (χ1n) is 12.3. The third-order valence-electron chi connectivity index (χ3n) is 5.63. The SMILES string of the molecule is O=C(NCCCN(C(=O)Nc1ccc([N+](=O)[O-])cc1)c1ccc(Oc2ccccc2)cc1)Nc1cccc(Cl)c1. The molecule has 0 saturated carbocycles. The van der Waals surface area contributed by atoms with Crippen molar-refractivity contribution in [2.75, 3.05) is 28.6 Å². The molecule has 40 heavy (non-hydrogen) atoms. The van der Waals surface area contributed by atoms with Gasteiger partial charge in [-0.1, -0.05) is 35.9 Å². The van der Waals surface area contributed by atoms with E-state index in [1.54, 1.807) is 48.5 Å². The van der Waals surface area contributed by atoms with Gasteiger partial charge < -0.3 is 20.7 Å². The van der Waals surface area contributed by atoms with Gasteiger partial charge >= 0.3 is 12.1 Å². The maximum absolute atomic E-state index is 13.2. The quantitative estimate of drug-likeness (QED) is 0.107. The fourth-order valence-corrected chi connectivity index (χ4v) is 3.89. The molecule has 11 heteroatoms. The smallest absolute Gasteiger partial charge is 0.326 e. The molecule has 0 saturated heterocycles. The number of para-hydroxylation sites is 1. The second kappa shape index (κ2) is 13.6. The van der Waals surface area contributed by atoms with E-state index in [0.717, 1.165) is 0 Å². The van der Waals surface area contributed by atoms with Gasteiger partial charge in [0.2, 0.25) is 0 Å². The Morgan fingerprint density at radius 2 is 1.52 bits per heavy atom. The normalized spacial score (nSPS) is 10.3. The minimum atomic E-state index is -0.507. The van der Waals surface area contributed by atoms with Gasteiger partial charge in [-0.05, 0) is 73.2 Å². The number of nitrogens with one attached hydrogen (secondary N) is 3. The zero-order chi connectivity index (χ0) is 28.3. The Hall–Kier alpha value is -5.09. The molecule has 0 aliphatic carbocycles. The summed E-state index contributed by atoms with van der Waals surface area (Å²) in [6.45, 7) is 0.568. The number of urea groups is 2. The van der Waals surface area contributed by atoms with Crippen molar-refractivity contribution >= 4 is 46.4 Å². The number of carbonyl (C=O) groups is 2. The van der Waals surface area contributed by atoms with Crippen molar-refractivity contribution in [1.29, 1.82) is 0 Å². The molecule has 0 bridgehead atoms. The molecule has 0 unspecified atom stereocenters. The van der Waals surface area contributed by atoms with Gasteiger partial charge in [0.1, 0.15) is 11.5 Å². The van der Waals surface area contributed by atoms with E-state index in [0.29, 0.717) is 46.5 Å². The van der Waals surface area contributed by atoms with Crippen LogP contribution in [0, 0.1) is 10.1 Å². The lowest BCUT2D eigenvalue weighted by molar-refractivity contribution is -0.384. The third-order valence-corrected chi connectivity index (χ3v) is 5.86. The minimum Gasteiger partial charge on any atom is -0.457 e. The number of nitro groups is 1. The van der Waals surface area contributed by atoms with Crippen LogP contribution in [0.3, 0.4) is 0 Å². The number of rotatable bonds is 10. The first-order chi connectivity index (χ1) is 19.4. The van der Waals surface area contributed by atoms with E-state index in [9.17, 15) is 19.7 Å². The summed E-state index contributed by atoms with van der Waals surface area (Å²) in [6, 6.07) is 27.9. The van der Waals surface area contributed by atoms with E-state index < -0.39 is 17.0 Å². The molecule has 0 atom stereocenters. The molecular formula is C29H26ClN5O5. The van der Waals surface area contributed by atoms with Crippen molar-refractivity contribution in [2.45, 2.75) is 6.42 Å². The van der Waals surface area contributed by atoms with Gasteiger partial charge in [0.15, 0.2) is 0 Å². The van der Waals surface area contributed by atoms with Gasteiger partial charge in [0.25, 0.3) is 5.69 Å². The predicted octanol–water partition coefficient (Wildman–Crippen LogP) is 7.29. The van der Waals surface area contributed by atoms with Crippen LogP contribution in [0.2, 0.25) is 5.02 Å². The van der Waals surface area contributed by atoms with E-state index in [-0.39, 0.29) is 12.2 Å². The van der Waals surface area contributed by atoms with Crippen molar-refractivity contribution in [1.82, 2.24) is 5.32 Å². The van der Waals surface area contributed by atoms with Crippen LogP contribution in [0.5, 0.6) is 11.5 Å². The molecule has 0 spiro atoms. The summed E-state index contributed by atoms with van der Waals surface area (Å²) >= 11 is 5.95. The van der Waals surface area contributed by atoms with Crippen LogP contribution < -0.4 is 25.6 Å².